The van der Waals surface area contributed by atoms with Gasteiger partial charge in [0.1, 0.15) is 0 Å². The van der Waals surface area contributed by atoms with Crippen LogP contribution >= 0.6 is 34.8 Å². The fourth-order valence-corrected chi connectivity index (χ4v) is 2.61. The lowest BCUT2D eigenvalue weighted by Crippen LogP contribution is -2.34. The number of rotatable bonds is 3. The Morgan fingerprint density at radius 3 is 2.29 bits per heavy atom. The molecule has 2 aromatic carbocycles. The molecule has 0 fully saturated rings. The summed E-state index contributed by atoms with van der Waals surface area (Å²) in [5.41, 5.74) is 2.74. The number of thiocarbonyl (C=S) groups is 1. The first-order valence-corrected chi connectivity index (χ1v) is 8.46. The van der Waals surface area contributed by atoms with E-state index >= 15 is 0 Å². The highest BCUT2D eigenvalue weighted by Gasteiger charge is 2.10. The summed E-state index contributed by atoms with van der Waals surface area (Å²) < 4.78 is 5.65. The molecule has 0 saturated carbocycles. The average molecular weight is 454 g/mol. The van der Waals surface area contributed by atoms with Crippen LogP contribution in [-0.4, -0.2) is 24.1 Å². The predicted molar refractivity (Wildman–Crippen MR) is 105 cm³/mol. The summed E-state index contributed by atoms with van der Waals surface area (Å²) in [6, 6.07) is 12.0. The molecule has 0 saturated heterocycles. The standard InChI is InChI=1S/C17H15IN2O3S/c1-10-3-4-12(9-14(10)18)15(21)20-17(24)19-13-7-5-11(6-8-13)16(22)23-2/h3-9H,1-2H3,(H2,19,20,21,24). The highest BCUT2D eigenvalue weighted by Crippen LogP contribution is 2.14. The Hall–Kier alpha value is -2.00. The fraction of sp³-hybridized carbons (Fsp3) is 0.118. The number of aryl methyl sites for hydroxylation is 1. The molecule has 2 rings (SSSR count). The number of methoxy groups -OCH3 is 1. The fourth-order valence-electron chi connectivity index (χ4n) is 1.88. The van der Waals surface area contributed by atoms with Crippen molar-refractivity contribution in [2.24, 2.45) is 0 Å². The molecule has 0 unspecified atom stereocenters. The second-order valence-corrected chi connectivity index (χ2v) is 6.51. The maximum Gasteiger partial charge on any atom is 0.337 e. The van der Waals surface area contributed by atoms with Crippen LogP contribution in [0.1, 0.15) is 26.3 Å². The van der Waals surface area contributed by atoms with E-state index in [1.54, 1.807) is 36.4 Å². The van der Waals surface area contributed by atoms with Crippen molar-refractivity contribution >= 4 is 57.5 Å². The van der Waals surface area contributed by atoms with Crippen LogP contribution in [0.2, 0.25) is 0 Å². The van der Waals surface area contributed by atoms with Gasteiger partial charge < -0.3 is 10.1 Å². The summed E-state index contributed by atoms with van der Waals surface area (Å²) in [5, 5.41) is 5.71. The van der Waals surface area contributed by atoms with Crippen LogP contribution in [0.15, 0.2) is 42.5 Å². The summed E-state index contributed by atoms with van der Waals surface area (Å²) in [6.07, 6.45) is 0. The SMILES string of the molecule is COC(=O)c1ccc(NC(=S)NC(=O)c2ccc(C)c(I)c2)cc1. The number of esters is 1. The van der Waals surface area contributed by atoms with Gasteiger partial charge in [-0.2, -0.15) is 0 Å². The number of hydrogen-bond acceptors (Lipinski definition) is 4. The molecule has 0 aliphatic heterocycles. The third-order valence-electron chi connectivity index (χ3n) is 3.22. The molecule has 0 bridgehead atoms. The molecule has 0 atom stereocenters. The van der Waals surface area contributed by atoms with Gasteiger partial charge in [0, 0.05) is 14.8 Å². The zero-order valence-corrected chi connectivity index (χ0v) is 16.0. The third kappa shape index (κ3) is 4.75. The zero-order valence-electron chi connectivity index (χ0n) is 13.1. The van der Waals surface area contributed by atoms with E-state index in [2.05, 4.69) is 38.0 Å². The number of amides is 1. The highest BCUT2D eigenvalue weighted by molar-refractivity contribution is 14.1. The number of hydrogen-bond donors (Lipinski definition) is 2. The lowest BCUT2D eigenvalue weighted by atomic mass is 10.1. The van der Waals surface area contributed by atoms with E-state index in [0.717, 1.165) is 9.13 Å². The largest absolute Gasteiger partial charge is 0.465 e. The molecule has 2 N–H and O–H groups in total. The zero-order chi connectivity index (χ0) is 17.7. The van der Waals surface area contributed by atoms with Crippen molar-refractivity contribution in [3.05, 3.63) is 62.7 Å². The Bertz CT molecular complexity index is 791. The van der Waals surface area contributed by atoms with Gasteiger partial charge in [0.2, 0.25) is 0 Å². The second-order valence-electron chi connectivity index (χ2n) is 4.94. The molecule has 0 spiro atoms. The lowest BCUT2D eigenvalue weighted by Gasteiger charge is -2.10. The number of anilines is 1. The van der Waals surface area contributed by atoms with Crippen LogP contribution in [0.4, 0.5) is 5.69 Å². The number of nitrogens with one attached hydrogen (secondary N) is 2. The molecular weight excluding hydrogens is 439 g/mol. The lowest BCUT2D eigenvalue weighted by molar-refractivity contribution is 0.0600. The summed E-state index contributed by atoms with van der Waals surface area (Å²) in [5.74, 6) is -0.692. The molecule has 1 amide bonds. The van der Waals surface area contributed by atoms with Crippen molar-refractivity contribution < 1.29 is 14.3 Å². The van der Waals surface area contributed by atoms with E-state index in [1.165, 1.54) is 7.11 Å². The molecule has 124 valence electrons. The molecule has 24 heavy (non-hydrogen) atoms. The van der Waals surface area contributed by atoms with Gasteiger partial charge in [-0.25, -0.2) is 4.79 Å². The molecule has 7 heteroatoms. The Labute approximate surface area is 158 Å². The van der Waals surface area contributed by atoms with Crippen LogP contribution in [0.5, 0.6) is 0 Å². The Morgan fingerprint density at radius 1 is 1.08 bits per heavy atom. The van der Waals surface area contributed by atoms with Crippen LogP contribution in [0, 0.1) is 10.5 Å². The van der Waals surface area contributed by atoms with Crippen molar-refractivity contribution in [1.82, 2.24) is 5.32 Å². The summed E-state index contributed by atoms with van der Waals surface area (Å²) in [7, 11) is 1.32. The molecule has 0 heterocycles. The van der Waals surface area contributed by atoms with Crippen LogP contribution in [0.25, 0.3) is 0 Å². The molecule has 0 radical (unpaired) electrons. The summed E-state index contributed by atoms with van der Waals surface area (Å²) in [6.45, 7) is 1.98. The van der Waals surface area contributed by atoms with Crippen molar-refractivity contribution in [2.75, 3.05) is 12.4 Å². The third-order valence-corrected chi connectivity index (χ3v) is 4.59. The molecule has 5 nitrogen and oxygen atoms in total. The minimum absolute atomic E-state index is 0.182. The van der Waals surface area contributed by atoms with Crippen molar-refractivity contribution in [3.8, 4) is 0 Å². The van der Waals surface area contributed by atoms with E-state index in [4.69, 9.17) is 12.2 Å². The van der Waals surface area contributed by atoms with E-state index in [-0.39, 0.29) is 11.0 Å². The predicted octanol–water partition coefficient (Wildman–Crippen LogP) is 3.51. The minimum atomic E-state index is -0.411. The molecule has 0 aliphatic carbocycles. The topological polar surface area (TPSA) is 67.4 Å². The van der Waals surface area contributed by atoms with E-state index in [9.17, 15) is 9.59 Å². The smallest absolute Gasteiger partial charge is 0.337 e. The highest BCUT2D eigenvalue weighted by atomic mass is 127. The van der Waals surface area contributed by atoms with Gasteiger partial charge in [-0.05, 0) is 83.7 Å². The maximum atomic E-state index is 12.2. The average Bonchev–Trinajstić information content (AvgIpc) is 2.57. The van der Waals surface area contributed by atoms with Gasteiger partial charge in [-0.15, -0.1) is 0 Å². The van der Waals surface area contributed by atoms with Crippen LogP contribution in [0.3, 0.4) is 0 Å². The number of benzene rings is 2. The quantitative estimate of drug-likeness (QED) is 0.422. The Morgan fingerprint density at radius 2 is 1.71 bits per heavy atom. The van der Waals surface area contributed by atoms with Crippen molar-refractivity contribution in [2.45, 2.75) is 6.92 Å². The van der Waals surface area contributed by atoms with Crippen molar-refractivity contribution in [3.63, 3.8) is 0 Å². The Balaban J connectivity index is 1.98. The number of halogens is 1. The monoisotopic (exact) mass is 454 g/mol. The molecule has 0 aromatic heterocycles. The minimum Gasteiger partial charge on any atom is -0.465 e. The maximum absolute atomic E-state index is 12.2. The number of carbonyl (C=O) groups excluding carboxylic acids is 2. The summed E-state index contributed by atoms with van der Waals surface area (Å²) >= 11 is 7.32. The van der Waals surface area contributed by atoms with Gasteiger partial charge in [0.05, 0.1) is 12.7 Å². The summed E-state index contributed by atoms with van der Waals surface area (Å²) in [4.78, 5) is 23.6. The molecule has 0 aliphatic rings. The number of carbonyl (C=O) groups is 2. The van der Waals surface area contributed by atoms with Gasteiger partial charge in [-0.3, -0.25) is 10.1 Å². The Kier molecular flexibility index (Phi) is 6.27. The molecular formula is C17H15IN2O3S. The molecule has 2 aromatic rings. The second kappa shape index (κ2) is 8.20. The van der Waals surface area contributed by atoms with Crippen molar-refractivity contribution in [1.29, 1.82) is 0 Å². The first-order chi connectivity index (χ1) is 11.4. The first kappa shape index (κ1) is 18.3. The van der Waals surface area contributed by atoms with Gasteiger partial charge in [-0.1, -0.05) is 6.07 Å². The van der Waals surface area contributed by atoms with Crippen LogP contribution in [-0.2, 0) is 4.74 Å². The first-order valence-electron chi connectivity index (χ1n) is 6.97. The van der Waals surface area contributed by atoms with E-state index in [1.807, 2.05) is 13.0 Å². The van der Waals surface area contributed by atoms with E-state index in [0.29, 0.717) is 16.8 Å². The van der Waals surface area contributed by atoms with Gasteiger partial charge in [0.25, 0.3) is 5.91 Å². The van der Waals surface area contributed by atoms with Crippen LogP contribution < -0.4 is 10.6 Å². The van der Waals surface area contributed by atoms with Gasteiger partial charge in [0.15, 0.2) is 5.11 Å². The number of ether oxygens (including phenoxy) is 1. The normalized spacial score (nSPS) is 9.96. The van der Waals surface area contributed by atoms with E-state index < -0.39 is 5.97 Å². The van der Waals surface area contributed by atoms with Gasteiger partial charge >= 0.3 is 5.97 Å².